The van der Waals surface area contributed by atoms with E-state index in [2.05, 4.69) is 17.1 Å². The number of hydrogen-bond acceptors (Lipinski definition) is 8. The van der Waals surface area contributed by atoms with Crippen molar-refractivity contribution in [1.82, 2.24) is 4.98 Å². The second-order valence-electron chi connectivity index (χ2n) is 6.56. The molecule has 0 bridgehead atoms. The lowest BCUT2D eigenvalue weighted by atomic mass is 9.97. The maximum atomic E-state index is 9.71. The molecule has 0 atom stereocenters. The summed E-state index contributed by atoms with van der Waals surface area (Å²) in [7, 11) is 1.58. The number of rotatable bonds is 5. The van der Waals surface area contributed by atoms with Gasteiger partial charge in [0, 0.05) is 30.4 Å². The van der Waals surface area contributed by atoms with Crippen LogP contribution in [0.15, 0.2) is 29.3 Å². The van der Waals surface area contributed by atoms with Gasteiger partial charge >= 0.3 is 0 Å². The van der Waals surface area contributed by atoms with Crippen molar-refractivity contribution in [2.45, 2.75) is 11.4 Å². The van der Waals surface area contributed by atoms with Gasteiger partial charge in [-0.25, -0.2) is 4.98 Å². The van der Waals surface area contributed by atoms with Gasteiger partial charge in [-0.2, -0.15) is 10.5 Å². The predicted octanol–water partition coefficient (Wildman–Crippen LogP) is 3.23. The molecule has 2 aliphatic heterocycles. The minimum Gasteiger partial charge on any atom is -0.497 e. The average molecular weight is 410 g/mol. The molecule has 7 nitrogen and oxygen atoms in total. The number of methoxy groups -OCH3 is 1. The number of nitrogens with zero attached hydrogens (tertiary/aromatic N) is 3. The highest BCUT2D eigenvalue weighted by molar-refractivity contribution is 7.99. The summed E-state index contributed by atoms with van der Waals surface area (Å²) in [6.45, 7) is 3.46. The van der Waals surface area contributed by atoms with Gasteiger partial charge in [-0.15, -0.1) is 11.8 Å². The summed E-state index contributed by atoms with van der Waals surface area (Å²) in [5.41, 5.74) is 7.85. The lowest BCUT2D eigenvalue weighted by molar-refractivity contribution is -0.0196. The molecule has 0 aliphatic carbocycles. The van der Waals surface area contributed by atoms with E-state index in [9.17, 15) is 10.5 Å². The van der Waals surface area contributed by atoms with E-state index in [0.29, 0.717) is 27.8 Å². The second-order valence-corrected chi connectivity index (χ2v) is 7.57. The maximum Gasteiger partial charge on any atom is 0.143 e. The highest BCUT2D eigenvalue weighted by atomic mass is 32.2. The van der Waals surface area contributed by atoms with Gasteiger partial charge in [0.15, 0.2) is 0 Å². The zero-order chi connectivity index (χ0) is 20.6. The highest BCUT2D eigenvalue weighted by Gasteiger charge is 2.23. The molecule has 29 heavy (non-hydrogen) atoms. The first-order valence-corrected chi connectivity index (χ1v) is 10.2. The molecule has 2 aliphatic rings. The van der Waals surface area contributed by atoms with E-state index in [-0.39, 0.29) is 11.4 Å². The number of nitrogens with two attached hydrogens (primary N) is 1. The Kier molecular flexibility index (Phi) is 7.31. The van der Waals surface area contributed by atoms with Crippen molar-refractivity contribution in [3.63, 3.8) is 0 Å². The fraction of sp³-hybridized carbons (Fsp3) is 0.381. The molecule has 2 aromatic rings. The average Bonchev–Trinajstić information content (AvgIpc) is 2.65. The van der Waals surface area contributed by atoms with E-state index in [1.54, 1.807) is 19.2 Å². The molecule has 1 aromatic heterocycles. The number of aromatic nitrogens is 1. The second kappa shape index (κ2) is 10.1. The van der Waals surface area contributed by atoms with Crippen LogP contribution in [0.5, 0.6) is 5.75 Å². The number of ether oxygens (including phenoxy) is 3. The Morgan fingerprint density at radius 3 is 2.21 bits per heavy atom. The molecule has 0 saturated carbocycles. The van der Waals surface area contributed by atoms with Gasteiger partial charge in [-0.05, 0) is 24.1 Å². The molecule has 2 saturated heterocycles. The molecule has 0 spiro atoms. The standard InChI is InChI=1S/C18H16N4O2S.C3H6O/c1-23-13-4-2-12(3-5-13)16-14(6-19)17(21)22-18(15(16)7-20)25-10-11-8-24-9-11;1-2-4-3-1/h2-5,11H,8-10H2,1H3,(H2,21,22);1-3H2. The van der Waals surface area contributed by atoms with Crippen LogP contribution in [0.25, 0.3) is 11.1 Å². The lowest BCUT2D eigenvalue weighted by Crippen LogP contribution is -2.29. The Labute approximate surface area is 174 Å². The van der Waals surface area contributed by atoms with Crippen LogP contribution < -0.4 is 10.5 Å². The van der Waals surface area contributed by atoms with Crippen molar-refractivity contribution in [2.75, 3.05) is 45.0 Å². The largest absolute Gasteiger partial charge is 0.497 e. The monoisotopic (exact) mass is 410 g/mol. The molecule has 3 heterocycles. The molecule has 150 valence electrons. The Balaban J connectivity index is 0.000000536. The summed E-state index contributed by atoms with van der Waals surface area (Å²) in [5, 5.41) is 19.8. The Bertz CT molecular complexity index is 923. The number of nitrogen functional groups attached to an aromatic ring is 1. The van der Waals surface area contributed by atoms with Crippen LogP contribution in [0.2, 0.25) is 0 Å². The van der Waals surface area contributed by atoms with Crippen molar-refractivity contribution in [1.29, 1.82) is 10.5 Å². The van der Waals surface area contributed by atoms with E-state index in [4.69, 9.17) is 19.9 Å². The Morgan fingerprint density at radius 2 is 1.76 bits per heavy atom. The van der Waals surface area contributed by atoms with Gasteiger partial charge in [0.1, 0.15) is 34.3 Å². The van der Waals surface area contributed by atoms with Crippen molar-refractivity contribution < 1.29 is 14.2 Å². The quantitative estimate of drug-likeness (QED) is 0.747. The van der Waals surface area contributed by atoms with Crippen LogP contribution in [-0.4, -0.2) is 44.3 Å². The van der Waals surface area contributed by atoms with Crippen LogP contribution in [0.3, 0.4) is 0 Å². The van der Waals surface area contributed by atoms with Gasteiger partial charge in [-0.1, -0.05) is 12.1 Å². The summed E-state index contributed by atoms with van der Waals surface area (Å²) in [5.74, 6) is 2.09. The molecule has 0 radical (unpaired) electrons. The summed E-state index contributed by atoms with van der Waals surface area (Å²) in [6.07, 6.45) is 1.28. The fourth-order valence-electron chi connectivity index (χ4n) is 2.67. The van der Waals surface area contributed by atoms with Crippen molar-refractivity contribution >= 4 is 17.6 Å². The normalized spacial score (nSPS) is 15.0. The first-order valence-electron chi connectivity index (χ1n) is 9.24. The molecule has 0 unspecified atom stereocenters. The van der Waals surface area contributed by atoms with Gasteiger partial charge in [0.2, 0.25) is 0 Å². The minimum atomic E-state index is 0.139. The number of nitriles is 2. The van der Waals surface area contributed by atoms with E-state index >= 15 is 0 Å². The van der Waals surface area contributed by atoms with Crippen LogP contribution >= 0.6 is 11.8 Å². The third kappa shape index (κ3) is 4.99. The zero-order valence-corrected chi connectivity index (χ0v) is 17.0. The number of pyridine rings is 1. The van der Waals surface area contributed by atoms with Gasteiger partial charge in [0.25, 0.3) is 0 Å². The summed E-state index contributed by atoms with van der Waals surface area (Å²) >= 11 is 1.48. The Morgan fingerprint density at radius 1 is 1.14 bits per heavy atom. The van der Waals surface area contributed by atoms with Crippen molar-refractivity contribution in [3.8, 4) is 29.0 Å². The van der Waals surface area contributed by atoms with Crippen LogP contribution in [0.1, 0.15) is 17.5 Å². The first kappa shape index (κ1) is 20.9. The third-order valence-electron chi connectivity index (χ3n) is 4.53. The summed E-state index contributed by atoms with van der Waals surface area (Å²) < 4.78 is 15.1. The van der Waals surface area contributed by atoms with E-state index in [0.717, 1.165) is 37.7 Å². The molecule has 0 amide bonds. The predicted molar refractivity (Wildman–Crippen MR) is 111 cm³/mol. The van der Waals surface area contributed by atoms with Gasteiger partial charge in [-0.3, -0.25) is 0 Å². The number of anilines is 1. The zero-order valence-electron chi connectivity index (χ0n) is 16.2. The molecule has 1 aromatic carbocycles. The number of thioether (sulfide) groups is 1. The molecule has 2 fully saturated rings. The van der Waals surface area contributed by atoms with E-state index in [1.807, 2.05) is 12.1 Å². The molecule has 8 heteroatoms. The van der Waals surface area contributed by atoms with Crippen LogP contribution in [0.4, 0.5) is 5.82 Å². The Hall–Kier alpha value is -2.78. The summed E-state index contributed by atoms with van der Waals surface area (Å²) in [6, 6.07) is 11.5. The molecule has 2 N–H and O–H groups in total. The van der Waals surface area contributed by atoms with E-state index in [1.165, 1.54) is 18.2 Å². The SMILES string of the molecule is C1COC1.COc1ccc(-c2c(C#N)c(N)nc(SCC3COC3)c2C#N)cc1. The van der Waals surface area contributed by atoms with E-state index < -0.39 is 0 Å². The first-order chi connectivity index (χ1) is 14.2. The number of benzene rings is 1. The minimum absolute atomic E-state index is 0.139. The van der Waals surface area contributed by atoms with Crippen LogP contribution in [-0.2, 0) is 9.47 Å². The molecular formula is C21H22N4O3S. The van der Waals surface area contributed by atoms with Gasteiger partial charge in [0.05, 0.1) is 25.9 Å². The maximum absolute atomic E-state index is 9.71. The molecular weight excluding hydrogens is 388 g/mol. The topological polar surface area (TPSA) is 114 Å². The lowest BCUT2D eigenvalue weighted by Gasteiger charge is -2.25. The van der Waals surface area contributed by atoms with Crippen molar-refractivity contribution in [3.05, 3.63) is 35.4 Å². The van der Waals surface area contributed by atoms with Crippen molar-refractivity contribution in [2.24, 2.45) is 5.92 Å². The highest BCUT2D eigenvalue weighted by Crippen LogP contribution is 2.37. The fourth-order valence-corrected chi connectivity index (χ4v) is 3.71. The smallest absolute Gasteiger partial charge is 0.143 e. The molecule has 4 rings (SSSR count). The number of hydrogen-bond donors (Lipinski definition) is 1. The summed E-state index contributed by atoms with van der Waals surface area (Å²) in [4.78, 5) is 4.30. The van der Waals surface area contributed by atoms with Gasteiger partial charge < -0.3 is 19.9 Å². The third-order valence-corrected chi connectivity index (χ3v) is 5.74. The van der Waals surface area contributed by atoms with Crippen LogP contribution in [0, 0.1) is 28.6 Å².